The summed E-state index contributed by atoms with van der Waals surface area (Å²) in [6.45, 7) is 1.74. The number of aromatic nitrogens is 2. The number of ether oxygens (including phenoxy) is 1. The molecule has 0 saturated heterocycles. The third-order valence-corrected chi connectivity index (χ3v) is 1.46. The Bertz CT molecular complexity index is 396. The van der Waals surface area contributed by atoms with Crippen molar-refractivity contribution in [3.8, 4) is 18.2 Å². The van der Waals surface area contributed by atoms with Gasteiger partial charge in [0, 0.05) is 0 Å². The number of primary amides is 1. The van der Waals surface area contributed by atoms with Crippen molar-refractivity contribution in [2.45, 2.75) is 6.92 Å². The Morgan fingerprint density at radius 2 is 2.50 bits per heavy atom. The molecule has 5 heteroatoms. The van der Waals surface area contributed by atoms with Crippen LogP contribution in [0, 0.1) is 19.3 Å². The maximum Gasteiger partial charge on any atom is 0.269 e. The highest BCUT2D eigenvalue weighted by Gasteiger charge is 2.08. The second-order valence-electron chi connectivity index (χ2n) is 2.50. The van der Waals surface area contributed by atoms with Crippen LogP contribution in [0.25, 0.3) is 0 Å². The number of terminal acetylenes is 1. The standard InChI is InChI=1S/C9H9N3O2/c1-3-4-14-7-5-11-8(9(10)13)6(2)12-7/h1,5H,4H2,2H3,(H2,10,13). The SMILES string of the molecule is C#CCOc1cnc(C(N)=O)c(C)n1. The molecule has 5 nitrogen and oxygen atoms in total. The van der Waals surface area contributed by atoms with Crippen LogP contribution in [-0.2, 0) is 0 Å². The summed E-state index contributed by atoms with van der Waals surface area (Å²) in [5.41, 5.74) is 5.61. The first-order chi connectivity index (χ1) is 6.65. The number of carbonyl (C=O) groups excluding carboxylic acids is 1. The van der Waals surface area contributed by atoms with Crippen LogP contribution in [0.4, 0.5) is 0 Å². The predicted octanol–water partition coefficient (Wildman–Crippen LogP) is -0.104. The maximum absolute atomic E-state index is 10.8. The van der Waals surface area contributed by atoms with E-state index >= 15 is 0 Å². The third-order valence-electron chi connectivity index (χ3n) is 1.46. The Kier molecular flexibility index (Phi) is 3.02. The first-order valence-corrected chi connectivity index (χ1v) is 3.85. The topological polar surface area (TPSA) is 78.1 Å². The maximum atomic E-state index is 10.8. The Morgan fingerprint density at radius 1 is 1.79 bits per heavy atom. The van der Waals surface area contributed by atoms with Crippen LogP contribution in [0.1, 0.15) is 16.2 Å². The van der Waals surface area contributed by atoms with Crippen LogP contribution < -0.4 is 10.5 Å². The Hall–Kier alpha value is -2.09. The van der Waals surface area contributed by atoms with Crippen molar-refractivity contribution in [1.82, 2.24) is 9.97 Å². The molecule has 72 valence electrons. The fourth-order valence-corrected chi connectivity index (χ4v) is 0.887. The summed E-state index contributed by atoms with van der Waals surface area (Å²) < 4.78 is 5.01. The lowest BCUT2D eigenvalue weighted by Gasteiger charge is -2.03. The molecule has 2 N–H and O–H groups in total. The molecule has 0 bridgehead atoms. The van der Waals surface area contributed by atoms with E-state index in [2.05, 4.69) is 15.9 Å². The largest absolute Gasteiger partial charge is 0.463 e. The van der Waals surface area contributed by atoms with Gasteiger partial charge in [-0.1, -0.05) is 5.92 Å². The lowest BCUT2D eigenvalue weighted by atomic mass is 10.3. The van der Waals surface area contributed by atoms with Crippen molar-refractivity contribution in [2.75, 3.05) is 6.61 Å². The van der Waals surface area contributed by atoms with Gasteiger partial charge in [0.05, 0.1) is 11.9 Å². The van der Waals surface area contributed by atoms with Gasteiger partial charge in [-0.25, -0.2) is 9.97 Å². The van der Waals surface area contributed by atoms with Gasteiger partial charge in [0.15, 0.2) is 6.61 Å². The van der Waals surface area contributed by atoms with Crippen LogP contribution in [0.3, 0.4) is 0 Å². The lowest BCUT2D eigenvalue weighted by molar-refractivity contribution is 0.0994. The molecule has 0 radical (unpaired) electrons. The molecule has 1 aromatic rings. The van der Waals surface area contributed by atoms with Gasteiger partial charge in [-0.2, -0.15) is 0 Å². The van der Waals surface area contributed by atoms with E-state index in [4.69, 9.17) is 16.9 Å². The number of amides is 1. The molecule has 0 spiro atoms. The van der Waals surface area contributed by atoms with Crippen LogP contribution in [0.15, 0.2) is 6.20 Å². The Labute approximate surface area is 81.3 Å². The zero-order valence-electron chi connectivity index (χ0n) is 7.65. The van der Waals surface area contributed by atoms with Gasteiger partial charge >= 0.3 is 0 Å². The summed E-state index contributed by atoms with van der Waals surface area (Å²) in [5, 5.41) is 0. The zero-order valence-corrected chi connectivity index (χ0v) is 7.65. The second kappa shape index (κ2) is 4.23. The number of carbonyl (C=O) groups is 1. The van der Waals surface area contributed by atoms with Crippen molar-refractivity contribution >= 4 is 5.91 Å². The monoisotopic (exact) mass is 191 g/mol. The molecule has 1 rings (SSSR count). The van der Waals surface area contributed by atoms with Crippen LogP contribution in [-0.4, -0.2) is 22.5 Å². The molecule has 0 atom stereocenters. The van der Waals surface area contributed by atoms with Crippen molar-refractivity contribution < 1.29 is 9.53 Å². The van der Waals surface area contributed by atoms with Crippen molar-refractivity contribution in [3.63, 3.8) is 0 Å². The minimum atomic E-state index is -0.613. The summed E-state index contributed by atoms with van der Waals surface area (Å²) in [6.07, 6.45) is 6.31. The number of nitrogens with two attached hydrogens (primary N) is 1. The van der Waals surface area contributed by atoms with Crippen LogP contribution in [0.2, 0.25) is 0 Å². The number of hydrogen-bond donors (Lipinski definition) is 1. The van der Waals surface area contributed by atoms with Gasteiger partial charge < -0.3 is 10.5 Å². The fraction of sp³-hybridized carbons (Fsp3) is 0.222. The molecule has 0 aliphatic heterocycles. The molecule has 1 heterocycles. The minimum absolute atomic E-state index is 0.115. The molecule has 0 fully saturated rings. The molecule has 14 heavy (non-hydrogen) atoms. The van der Waals surface area contributed by atoms with Gasteiger partial charge in [0.1, 0.15) is 5.69 Å². The molecular formula is C9H9N3O2. The number of rotatable bonds is 3. The Morgan fingerprint density at radius 3 is 3.00 bits per heavy atom. The lowest BCUT2D eigenvalue weighted by Crippen LogP contribution is -2.16. The molecule has 0 unspecified atom stereocenters. The molecule has 1 aromatic heterocycles. The number of hydrogen-bond acceptors (Lipinski definition) is 4. The van der Waals surface area contributed by atoms with E-state index in [0.29, 0.717) is 5.69 Å². The fourth-order valence-electron chi connectivity index (χ4n) is 0.887. The van der Waals surface area contributed by atoms with Gasteiger partial charge in [-0.15, -0.1) is 6.42 Å². The highest BCUT2D eigenvalue weighted by atomic mass is 16.5. The normalized spacial score (nSPS) is 9.14. The summed E-state index contributed by atoms with van der Waals surface area (Å²) in [7, 11) is 0. The average molecular weight is 191 g/mol. The van der Waals surface area contributed by atoms with E-state index in [1.165, 1.54) is 6.20 Å². The molecule has 1 amide bonds. The Balaban J connectivity index is 2.90. The van der Waals surface area contributed by atoms with Crippen molar-refractivity contribution in [2.24, 2.45) is 5.73 Å². The molecule has 0 aromatic carbocycles. The second-order valence-corrected chi connectivity index (χ2v) is 2.50. The molecule has 0 saturated carbocycles. The van der Waals surface area contributed by atoms with Crippen molar-refractivity contribution in [3.05, 3.63) is 17.6 Å². The third kappa shape index (κ3) is 2.20. The summed E-state index contributed by atoms with van der Waals surface area (Å²) in [6, 6.07) is 0. The van der Waals surface area contributed by atoms with E-state index < -0.39 is 5.91 Å². The highest BCUT2D eigenvalue weighted by molar-refractivity contribution is 5.91. The quantitative estimate of drug-likeness (QED) is 0.676. The van der Waals surface area contributed by atoms with E-state index in [-0.39, 0.29) is 18.2 Å². The first-order valence-electron chi connectivity index (χ1n) is 3.85. The van der Waals surface area contributed by atoms with E-state index in [0.717, 1.165) is 0 Å². The van der Waals surface area contributed by atoms with Crippen molar-refractivity contribution in [1.29, 1.82) is 0 Å². The molecule has 0 aliphatic rings. The average Bonchev–Trinajstić information content (AvgIpc) is 2.14. The number of nitrogens with zero attached hydrogens (tertiary/aromatic N) is 2. The van der Waals surface area contributed by atoms with Crippen LogP contribution >= 0.6 is 0 Å². The molecular weight excluding hydrogens is 182 g/mol. The smallest absolute Gasteiger partial charge is 0.269 e. The van der Waals surface area contributed by atoms with Gasteiger partial charge in [-0.05, 0) is 6.92 Å². The summed E-state index contributed by atoms with van der Waals surface area (Å²) in [5.74, 6) is 1.96. The van der Waals surface area contributed by atoms with Crippen LogP contribution in [0.5, 0.6) is 5.88 Å². The van der Waals surface area contributed by atoms with E-state index in [9.17, 15) is 4.79 Å². The van der Waals surface area contributed by atoms with E-state index in [1.54, 1.807) is 6.92 Å². The van der Waals surface area contributed by atoms with Gasteiger partial charge in [0.25, 0.3) is 5.91 Å². The first kappa shape index (κ1) is 9.99. The van der Waals surface area contributed by atoms with E-state index in [1.807, 2.05) is 0 Å². The highest BCUT2D eigenvalue weighted by Crippen LogP contribution is 2.08. The van der Waals surface area contributed by atoms with Gasteiger partial charge in [-0.3, -0.25) is 4.79 Å². The number of aryl methyl sites for hydroxylation is 1. The zero-order chi connectivity index (χ0) is 10.6. The summed E-state index contributed by atoms with van der Waals surface area (Å²) >= 11 is 0. The van der Waals surface area contributed by atoms with Gasteiger partial charge in [0.2, 0.25) is 5.88 Å². The molecule has 0 aliphatic carbocycles. The predicted molar refractivity (Wildman–Crippen MR) is 49.6 cm³/mol. The minimum Gasteiger partial charge on any atom is -0.463 e. The summed E-state index contributed by atoms with van der Waals surface area (Å²) in [4.78, 5) is 18.5.